The quantitative estimate of drug-likeness (QED) is 0.859. The fourth-order valence-corrected chi connectivity index (χ4v) is 4.07. The van der Waals surface area contributed by atoms with E-state index in [0.29, 0.717) is 0 Å². The molecule has 1 aliphatic rings. The average Bonchev–Trinajstić information content (AvgIpc) is 3.05. The molecule has 19 heavy (non-hydrogen) atoms. The summed E-state index contributed by atoms with van der Waals surface area (Å²) in [4.78, 5) is 0. The summed E-state index contributed by atoms with van der Waals surface area (Å²) in [6.07, 6.45) is 2.90. The molecule has 1 unspecified atom stereocenters. The number of nitrogens with zero attached hydrogens (tertiary/aromatic N) is 3. The van der Waals surface area contributed by atoms with Crippen molar-refractivity contribution < 1.29 is 0 Å². The van der Waals surface area contributed by atoms with Gasteiger partial charge in [0.25, 0.3) is 0 Å². The van der Waals surface area contributed by atoms with Crippen LogP contribution in [0.15, 0.2) is 24.3 Å². The van der Waals surface area contributed by atoms with Crippen molar-refractivity contribution in [3.63, 3.8) is 0 Å². The van der Waals surface area contributed by atoms with E-state index < -0.39 is 0 Å². The van der Waals surface area contributed by atoms with Crippen molar-refractivity contribution >= 4 is 22.7 Å². The number of thioether (sulfide) groups is 1. The molecule has 98 valence electrons. The fraction of sp³-hybridized carbons (Fsp3) is 0.467. The minimum absolute atomic E-state index is 0.254. The summed E-state index contributed by atoms with van der Waals surface area (Å²) < 4.78 is 1.78. The molecule has 1 saturated heterocycles. The van der Waals surface area contributed by atoms with Crippen LogP contribution in [0.3, 0.4) is 0 Å². The van der Waals surface area contributed by atoms with Gasteiger partial charge in [-0.3, -0.25) is 4.68 Å². The molecule has 2 heterocycles. The van der Waals surface area contributed by atoms with Crippen LogP contribution < -0.4 is 0 Å². The molecule has 0 saturated carbocycles. The zero-order chi connectivity index (χ0) is 13.3. The van der Waals surface area contributed by atoms with E-state index in [1.165, 1.54) is 10.9 Å². The highest BCUT2D eigenvalue weighted by Crippen LogP contribution is 2.41. The number of hydrogen-bond donors (Lipinski definition) is 0. The van der Waals surface area contributed by atoms with Gasteiger partial charge < -0.3 is 0 Å². The van der Waals surface area contributed by atoms with E-state index >= 15 is 0 Å². The van der Waals surface area contributed by atoms with Crippen LogP contribution in [-0.2, 0) is 13.0 Å². The molecule has 0 amide bonds. The number of aromatic nitrogens is 2. The average molecular weight is 271 g/mol. The molecule has 2 aromatic rings. The normalized spacial score (nSPS) is 22.7. The second-order valence-corrected chi connectivity index (χ2v) is 6.49. The highest BCUT2D eigenvalue weighted by atomic mass is 32.2. The van der Waals surface area contributed by atoms with Crippen molar-refractivity contribution in [2.75, 3.05) is 5.75 Å². The maximum Gasteiger partial charge on any atom is 0.108 e. The number of rotatable bonds is 3. The third-order valence-corrected chi connectivity index (χ3v) is 5.28. The highest BCUT2D eigenvalue weighted by Gasteiger charge is 2.36. The zero-order valence-corrected chi connectivity index (χ0v) is 11.9. The lowest BCUT2D eigenvalue weighted by atomic mass is 9.97. The highest BCUT2D eigenvalue weighted by molar-refractivity contribution is 8.01. The Hall–Kier alpha value is -1.47. The Kier molecular flexibility index (Phi) is 3.24. The molecule has 0 N–H and O–H groups in total. The van der Waals surface area contributed by atoms with Crippen LogP contribution in [0.4, 0.5) is 0 Å². The smallest absolute Gasteiger partial charge is 0.108 e. The molecule has 1 atom stereocenters. The van der Waals surface area contributed by atoms with Gasteiger partial charge in [0, 0.05) is 18.4 Å². The summed E-state index contributed by atoms with van der Waals surface area (Å²) in [7, 11) is 0. The first-order valence-electron chi connectivity index (χ1n) is 6.77. The largest absolute Gasteiger partial charge is 0.265 e. The second-order valence-electron chi connectivity index (χ2n) is 5.01. The number of para-hydroxylation sites is 1. The molecule has 0 bridgehead atoms. The molecular weight excluding hydrogens is 254 g/mol. The zero-order valence-electron chi connectivity index (χ0n) is 11.1. The molecule has 0 aliphatic carbocycles. The van der Waals surface area contributed by atoms with Gasteiger partial charge in [0.2, 0.25) is 0 Å². The molecule has 1 aromatic carbocycles. The first-order chi connectivity index (χ1) is 9.28. The van der Waals surface area contributed by atoms with Gasteiger partial charge >= 0.3 is 0 Å². The summed E-state index contributed by atoms with van der Waals surface area (Å²) in [6.45, 7) is 2.97. The van der Waals surface area contributed by atoms with Gasteiger partial charge in [0.1, 0.15) is 4.75 Å². The van der Waals surface area contributed by atoms with Gasteiger partial charge in [-0.1, -0.05) is 18.2 Å². The van der Waals surface area contributed by atoms with E-state index in [0.717, 1.165) is 37.3 Å². The SMILES string of the molecule is CCn1nc(CC2(C#N)CCCS2)c2ccccc21. The minimum Gasteiger partial charge on any atom is -0.265 e. The number of hydrogen-bond acceptors (Lipinski definition) is 3. The van der Waals surface area contributed by atoms with E-state index in [-0.39, 0.29) is 4.75 Å². The standard InChI is InChI=1S/C15H17N3S/c1-2-18-14-7-4-3-6-12(14)13(17-18)10-15(11-16)8-5-9-19-15/h3-4,6-7H,2,5,8-10H2,1H3. The van der Waals surface area contributed by atoms with E-state index in [1.54, 1.807) is 11.8 Å². The molecule has 1 aromatic heterocycles. The van der Waals surface area contributed by atoms with Crippen LogP contribution in [0.1, 0.15) is 25.5 Å². The first kappa shape index (κ1) is 12.6. The lowest BCUT2D eigenvalue weighted by molar-refractivity contribution is 0.628. The van der Waals surface area contributed by atoms with Crippen LogP contribution in [-0.4, -0.2) is 20.3 Å². The Morgan fingerprint density at radius 2 is 2.32 bits per heavy atom. The Morgan fingerprint density at radius 1 is 1.47 bits per heavy atom. The predicted molar refractivity (Wildman–Crippen MR) is 79.1 cm³/mol. The Morgan fingerprint density at radius 3 is 3.00 bits per heavy atom. The van der Waals surface area contributed by atoms with Crippen molar-refractivity contribution in [1.82, 2.24) is 9.78 Å². The Labute approximate surface area is 117 Å². The van der Waals surface area contributed by atoms with Crippen LogP contribution in [0, 0.1) is 11.3 Å². The topological polar surface area (TPSA) is 41.6 Å². The Balaban J connectivity index is 2.04. The lowest BCUT2D eigenvalue weighted by Crippen LogP contribution is -2.22. The molecule has 0 spiro atoms. The van der Waals surface area contributed by atoms with Crippen molar-refractivity contribution in [3.8, 4) is 6.07 Å². The van der Waals surface area contributed by atoms with Crippen LogP contribution in [0.5, 0.6) is 0 Å². The van der Waals surface area contributed by atoms with Crippen LogP contribution in [0.2, 0.25) is 0 Å². The molecule has 3 nitrogen and oxygen atoms in total. The van der Waals surface area contributed by atoms with E-state index in [9.17, 15) is 5.26 Å². The summed E-state index contributed by atoms with van der Waals surface area (Å²) in [5.74, 6) is 1.10. The van der Waals surface area contributed by atoms with Gasteiger partial charge in [0.05, 0.1) is 17.3 Å². The summed E-state index contributed by atoms with van der Waals surface area (Å²) in [5.41, 5.74) is 2.25. The summed E-state index contributed by atoms with van der Waals surface area (Å²) in [6, 6.07) is 10.9. The van der Waals surface area contributed by atoms with Crippen molar-refractivity contribution in [2.45, 2.75) is 37.5 Å². The van der Waals surface area contributed by atoms with Crippen molar-refractivity contribution in [2.24, 2.45) is 0 Å². The summed E-state index contributed by atoms with van der Waals surface area (Å²) in [5, 5.41) is 15.4. The third-order valence-electron chi connectivity index (χ3n) is 3.79. The van der Waals surface area contributed by atoms with E-state index in [2.05, 4.69) is 25.1 Å². The van der Waals surface area contributed by atoms with Crippen molar-refractivity contribution in [1.29, 1.82) is 5.26 Å². The number of aryl methyl sites for hydroxylation is 1. The van der Waals surface area contributed by atoms with E-state index in [4.69, 9.17) is 5.10 Å². The fourth-order valence-electron chi connectivity index (χ4n) is 2.80. The van der Waals surface area contributed by atoms with Crippen molar-refractivity contribution in [3.05, 3.63) is 30.0 Å². The number of nitriles is 1. The van der Waals surface area contributed by atoms with Gasteiger partial charge in [0.15, 0.2) is 0 Å². The minimum atomic E-state index is -0.254. The number of benzene rings is 1. The van der Waals surface area contributed by atoms with Gasteiger partial charge in [-0.2, -0.15) is 10.4 Å². The van der Waals surface area contributed by atoms with Crippen LogP contribution in [0.25, 0.3) is 10.9 Å². The number of fused-ring (bicyclic) bond motifs is 1. The first-order valence-corrected chi connectivity index (χ1v) is 7.76. The van der Waals surface area contributed by atoms with Crippen LogP contribution >= 0.6 is 11.8 Å². The molecule has 0 radical (unpaired) electrons. The third kappa shape index (κ3) is 2.12. The van der Waals surface area contributed by atoms with Gasteiger partial charge in [-0.15, -0.1) is 11.8 Å². The monoisotopic (exact) mass is 271 g/mol. The molecular formula is C15H17N3S. The predicted octanol–water partition coefficient (Wildman–Crippen LogP) is 3.39. The summed E-state index contributed by atoms with van der Waals surface area (Å²) >= 11 is 1.80. The maximum atomic E-state index is 9.51. The van der Waals surface area contributed by atoms with E-state index in [1.807, 2.05) is 16.8 Å². The lowest BCUT2D eigenvalue weighted by Gasteiger charge is -2.17. The second kappa shape index (κ2) is 4.90. The van der Waals surface area contributed by atoms with Gasteiger partial charge in [-0.05, 0) is 31.6 Å². The molecule has 4 heteroatoms. The molecule has 3 rings (SSSR count). The molecule has 1 aliphatic heterocycles. The van der Waals surface area contributed by atoms with Gasteiger partial charge in [-0.25, -0.2) is 0 Å². The maximum absolute atomic E-state index is 9.51. The Bertz CT molecular complexity index is 632. The molecule has 1 fully saturated rings.